The lowest BCUT2D eigenvalue weighted by molar-refractivity contribution is 0.155. The van der Waals surface area contributed by atoms with E-state index in [0.29, 0.717) is 12.2 Å². The largest absolute Gasteiger partial charge is 0.336 e. The Hall–Kier alpha value is -1.30. The minimum Gasteiger partial charge on any atom is -0.336 e. The molecule has 80 valence electrons. The van der Waals surface area contributed by atoms with Gasteiger partial charge in [-0.2, -0.15) is 4.98 Å². The average molecular weight is 227 g/mol. The molecule has 0 aromatic carbocycles. The molecule has 2 aromatic heterocycles. The van der Waals surface area contributed by atoms with Crippen LogP contribution in [0.15, 0.2) is 15.4 Å². The van der Waals surface area contributed by atoms with E-state index >= 15 is 0 Å². The molecule has 2 rings (SSSR count). The van der Waals surface area contributed by atoms with E-state index in [-0.39, 0.29) is 5.89 Å². The van der Waals surface area contributed by atoms with E-state index in [1.54, 1.807) is 5.51 Å². The van der Waals surface area contributed by atoms with E-state index < -0.39 is 5.67 Å². The highest BCUT2D eigenvalue weighted by atomic mass is 32.1. The Morgan fingerprint density at radius 3 is 2.87 bits per heavy atom. The van der Waals surface area contributed by atoms with Crippen molar-refractivity contribution in [3.8, 4) is 0 Å². The van der Waals surface area contributed by atoms with Gasteiger partial charge in [0.25, 0.3) is 5.89 Å². The Kier molecular flexibility index (Phi) is 2.52. The summed E-state index contributed by atoms with van der Waals surface area (Å²) in [6, 6.07) is 0. The van der Waals surface area contributed by atoms with Crippen LogP contribution in [0.5, 0.6) is 0 Å². The lowest BCUT2D eigenvalue weighted by Gasteiger charge is -2.05. The predicted octanol–water partition coefficient (Wildman–Crippen LogP) is 2.32. The summed E-state index contributed by atoms with van der Waals surface area (Å²) in [7, 11) is 0. The highest BCUT2D eigenvalue weighted by Gasteiger charge is 2.26. The first-order valence-electron chi connectivity index (χ1n) is 4.45. The van der Waals surface area contributed by atoms with Gasteiger partial charge in [0, 0.05) is 5.38 Å². The SMILES string of the molecule is CC(C)(F)c1nc(Cc2cscn2)no1. The quantitative estimate of drug-likeness (QED) is 0.807. The summed E-state index contributed by atoms with van der Waals surface area (Å²) < 4.78 is 18.2. The molecule has 0 amide bonds. The molecule has 6 heteroatoms. The van der Waals surface area contributed by atoms with Crippen molar-refractivity contribution in [3.63, 3.8) is 0 Å². The van der Waals surface area contributed by atoms with Crippen LogP contribution in [-0.4, -0.2) is 15.1 Å². The fourth-order valence-electron chi connectivity index (χ4n) is 1.05. The lowest BCUT2D eigenvalue weighted by Crippen LogP contribution is -2.09. The molecule has 0 N–H and O–H groups in total. The molecule has 0 saturated heterocycles. The Bertz CT molecular complexity index is 432. The number of halogens is 1. The van der Waals surface area contributed by atoms with Crippen molar-refractivity contribution in [1.82, 2.24) is 15.1 Å². The van der Waals surface area contributed by atoms with Gasteiger partial charge in [-0.1, -0.05) is 5.16 Å². The van der Waals surface area contributed by atoms with Gasteiger partial charge in [0.2, 0.25) is 0 Å². The van der Waals surface area contributed by atoms with Crippen molar-refractivity contribution in [2.75, 3.05) is 0 Å². The van der Waals surface area contributed by atoms with Gasteiger partial charge in [0.15, 0.2) is 11.5 Å². The molecule has 15 heavy (non-hydrogen) atoms. The summed E-state index contributed by atoms with van der Waals surface area (Å²) in [5.41, 5.74) is 1.01. The molecule has 2 aromatic rings. The summed E-state index contributed by atoms with van der Waals surface area (Å²) >= 11 is 1.50. The normalized spacial score (nSPS) is 11.9. The van der Waals surface area contributed by atoms with Crippen LogP contribution in [0.4, 0.5) is 4.39 Å². The van der Waals surface area contributed by atoms with E-state index in [1.807, 2.05) is 5.38 Å². The van der Waals surface area contributed by atoms with Crippen LogP contribution in [-0.2, 0) is 12.1 Å². The molecule has 0 aliphatic heterocycles. The molecular formula is C9H10FN3OS. The second-order valence-corrected chi connectivity index (χ2v) is 4.36. The van der Waals surface area contributed by atoms with Crippen LogP contribution in [0.25, 0.3) is 0 Å². The summed E-state index contributed by atoms with van der Waals surface area (Å²) in [4.78, 5) is 8.05. The van der Waals surface area contributed by atoms with Crippen LogP contribution in [0.3, 0.4) is 0 Å². The first-order chi connectivity index (χ1) is 7.05. The number of nitrogens with zero attached hydrogens (tertiary/aromatic N) is 3. The first kappa shape index (κ1) is 10.2. The van der Waals surface area contributed by atoms with Crippen LogP contribution in [0.1, 0.15) is 31.3 Å². The van der Waals surface area contributed by atoms with Crippen molar-refractivity contribution in [2.24, 2.45) is 0 Å². The van der Waals surface area contributed by atoms with E-state index in [4.69, 9.17) is 4.52 Å². The monoisotopic (exact) mass is 227 g/mol. The van der Waals surface area contributed by atoms with E-state index in [9.17, 15) is 4.39 Å². The number of thiazole rings is 1. The topological polar surface area (TPSA) is 51.8 Å². The Labute approximate surface area is 90.2 Å². The van der Waals surface area contributed by atoms with Crippen LogP contribution in [0.2, 0.25) is 0 Å². The standard InChI is InChI=1S/C9H10FN3OS/c1-9(2,10)8-12-7(13-14-8)3-6-4-15-5-11-6/h4-5H,3H2,1-2H3. The highest BCUT2D eigenvalue weighted by molar-refractivity contribution is 7.07. The fraction of sp³-hybridized carbons (Fsp3) is 0.444. The van der Waals surface area contributed by atoms with Gasteiger partial charge in [-0.25, -0.2) is 9.37 Å². The smallest absolute Gasteiger partial charge is 0.263 e. The molecule has 0 saturated carbocycles. The first-order valence-corrected chi connectivity index (χ1v) is 5.39. The molecule has 0 aliphatic carbocycles. The maximum atomic E-state index is 13.4. The van der Waals surface area contributed by atoms with Crippen molar-refractivity contribution in [2.45, 2.75) is 25.9 Å². The second-order valence-electron chi connectivity index (χ2n) is 3.64. The molecular weight excluding hydrogens is 217 g/mol. The number of aromatic nitrogens is 3. The molecule has 0 spiro atoms. The maximum Gasteiger partial charge on any atom is 0.263 e. The minimum absolute atomic E-state index is 0.00716. The fourth-order valence-corrected chi connectivity index (χ4v) is 1.61. The number of hydrogen-bond acceptors (Lipinski definition) is 5. The number of alkyl halides is 1. The van der Waals surface area contributed by atoms with E-state index in [2.05, 4.69) is 15.1 Å². The Morgan fingerprint density at radius 1 is 1.53 bits per heavy atom. The third-order valence-corrected chi connectivity index (χ3v) is 2.43. The Morgan fingerprint density at radius 2 is 2.33 bits per heavy atom. The summed E-state index contributed by atoms with van der Waals surface area (Å²) in [6.07, 6.45) is 0.475. The van der Waals surface area contributed by atoms with Gasteiger partial charge in [-0.3, -0.25) is 0 Å². The third-order valence-electron chi connectivity index (χ3n) is 1.80. The second kappa shape index (κ2) is 3.69. The van der Waals surface area contributed by atoms with Gasteiger partial charge in [-0.15, -0.1) is 11.3 Å². The minimum atomic E-state index is -1.59. The lowest BCUT2D eigenvalue weighted by atomic mass is 10.2. The van der Waals surface area contributed by atoms with Crippen LogP contribution >= 0.6 is 11.3 Å². The van der Waals surface area contributed by atoms with E-state index in [0.717, 1.165) is 5.69 Å². The summed E-state index contributed by atoms with van der Waals surface area (Å²) in [5, 5.41) is 5.60. The molecule has 0 fully saturated rings. The zero-order chi connectivity index (χ0) is 10.9. The van der Waals surface area contributed by atoms with E-state index in [1.165, 1.54) is 25.2 Å². The van der Waals surface area contributed by atoms with Crippen LogP contribution in [0, 0.1) is 0 Å². The van der Waals surface area contributed by atoms with Gasteiger partial charge >= 0.3 is 0 Å². The van der Waals surface area contributed by atoms with Crippen LogP contribution < -0.4 is 0 Å². The molecule has 0 unspecified atom stereocenters. The Balaban J connectivity index is 2.15. The molecule has 0 bridgehead atoms. The van der Waals surface area contributed by atoms with Gasteiger partial charge in [-0.05, 0) is 13.8 Å². The number of hydrogen-bond donors (Lipinski definition) is 0. The molecule has 4 nitrogen and oxygen atoms in total. The van der Waals surface area contributed by atoms with Crippen molar-refractivity contribution in [3.05, 3.63) is 28.3 Å². The predicted molar refractivity (Wildman–Crippen MR) is 53.4 cm³/mol. The molecule has 0 aliphatic rings. The average Bonchev–Trinajstić information content (AvgIpc) is 2.73. The number of rotatable bonds is 3. The third kappa shape index (κ3) is 2.38. The summed E-state index contributed by atoms with van der Waals surface area (Å²) in [5.74, 6) is 0.467. The molecule has 0 atom stereocenters. The van der Waals surface area contributed by atoms with Gasteiger partial charge < -0.3 is 4.52 Å². The highest BCUT2D eigenvalue weighted by Crippen LogP contribution is 2.22. The molecule has 0 radical (unpaired) electrons. The van der Waals surface area contributed by atoms with Gasteiger partial charge in [0.1, 0.15) is 0 Å². The van der Waals surface area contributed by atoms with Crippen molar-refractivity contribution in [1.29, 1.82) is 0 Å². The van der Waals surface area contributed by atoms with Crippen molar-refractivity contribution >= 4 is 11.3 Å². The zero-order valence-corrected chi connectivity index (χ0v) is 9.21. The van der Waals surface area contributed by atoms with Gasteiger partial charge in [0.05, 0.1) is 17.6 Å². The molecule has 2 heterocycles. The van der Waals surface area contributed by atoms with Crippen molar-refractivity contribution < 1.29 is 8.91 Å². The zero-order valence-electron chi connectivity index (χ0n) is 8.40. The summed E-state index contributed by atoms with van der Waals surface area (Å²) in [6.45, 7) is 2.76. The maximum absolute atomic E-state index is 13.4.